The lowest BCUT2D eigenvalue weighted by molar-refractivity contribution is 0.0425. The van der Waals surface area contributed by atoms with Gasteiger partial charge in [-0.1, -0.05) is 29.8 Å². The van der Waals surface area contributed by atoms with Crippen molar-refractivity contribution in [1.29, 1.82) is 0 Å². The molecule has 0 radical (unpaired) electrons. The predicted octanol–water partition coefficient (Wildman–Crippen LogP) is 2.93. The van der Waals surface area contributed by atoms with Gasteiger partial charge in [0.1, 0.15) is 5.01 Å². The first-order valence-electron chi connectivity index (χ1n) is 3.50. The fourth-order valence-corrected chi connectivity index (χ4v) is 1.05. The van der Waals surface area contributed by atoms with Crippen molar-refractivity contribution in [3.05, 3.63) is 0 Å². The molecule has 0 aromatic rings. The quantitative estimate of drug-likeness (QED) is 0.626. The highest BCUT2D eigenvalue weighted by Crippen LogP contribution is 2.09. The summed E-state index contributed by atoms with van der Waals surface area (Å²) in [6, 6.07) is 0. The lowest BCUT2D eigenvalue weighted by atomic mass is 10.2. The Kier molecular flexibility index (Phi) is 5.50. The molecule has 0 fully saturated rings. The van der Waals surface area contributed by atoms with Gasteiger partial charge in [-0.05, 0) is 19.8 Å². The largest absolute Gasteiger partial charge is 0.364 e. The van der Waals surface area contributed by atoms with Crippen LogP contribution in [0.1, 0.15) is 33.6 Å². The lowest BCUT2D eigenvalue weighted by Crippen LogP contribution is -2.13. The topological polar surface area (TPSA) is 9.23 Å². The van der Waals surface area contributed by atoms with Gasteiger partial charge in [-0.15, -0.1) is 0 Å². The highest BCUT2D eigenvalue weighted by atomic mass is 79.9. The van der Waals surface area contributed by atoms with Crippen molar-refractivity contribution in [2.75, 3.05) is 0 Å². The van der Waals surface area contributed by atoms with Gasteiger partial charge in [0.15, 0.2) is 0 Å². The third-order valence-corrected chi connectivity index (χ3v) is 1.51. The van der Waals surface area contributed by atoms with Crippen LogP contribution >= 0.6 is 15.9 Å². The van der Waals surface area contributed by atoms with Crippen LogP contribution in [0, 0.1) is 0 Å². The first-order valence-corrected chi connectivity index (χ1v) is 4.41. The molecular weight excluding hydrogens is 180 g/mol. The number of alkyl halides is 1. The first kappa shape index (κ1) is 9.44. The Labute approximate surface area is 65.9 Å². The smallest absolute Gasteiger partial charge is 0.110 e. The molecule has 0 aliphatic rings. The normalized spacial score (nSPS) is 14.3. The predicted molar refractivity (Wildman–Crippen MR) is 43.8 cm³/mol. The summed E-state index contributed by atoms with van der Waals surface area (Å²) in [6.07, 6.45) is 2.64. The third-order valence-electron chi connectivity index (χ3n) is 1.29. The molecule has 0 bridgehead atoms. The van der Waals surface area contributed by atoms with Gasteiger partial charge in [0.2, 0.25) is 0 Å². The molecule has 0 aliphatic heterocycles. The molecular formula is C7H15BrO. The second-order valence-corrected chi connectivity index (χ2v) is 3.41. The van der Waals surface area contributed by atoms with E-state index in [1.165, 1.54) is 0 Å². The minimum absolute atomic E-state index is 0.197. The molecule has 1 atom stereocenters. The molecule has 9 heavy (non-hydrogen) atoms. The van der Waals surface area contributed by atoms with E-state index in [2.05, 4.69) is 29.8 Å². The Hall–Kier alpha value is 0.440. The first-order chi connectivity index (χ1) is 4.20. The molecule has 0 spiro atoms. The average Bonchev–Trinajstić information content (AvgIpc) is 1.82. The van der Waals surface area contributed by atoms with Crippen molar-refractivity contribution >= 4 is 15.9 Å². The summed E-state index contributed by atoms with van der Waals surface area (Å²) in [6.45, 7) is 6.28. The fraction of sp³-hybridized carbons (Fsp3) is 1.00. The number of ether oxygens (including phenoxy) is 1. The van der Waals surface area contributed by atoms with Crippen LogP contribution in [0.15, 0.2) is 0 Å². The number of hydrogen-bond donors (Lipinski definition) is 0. The van der Waals surface area contributed by atoms with Gasteiger partial charge in [-0.3, -0.25) is 0 Å². The Balaban J connectivity index is 3.31. The van der Waals surface area contributed by atoms with E-state index in [0.29, 0.717) is 6.10 Å². The average molecular weight is 195 g/mol. The van der Waals surface area contributed by atoms with Crippen LogP contribution in [0.5, 0.6) is 0 Å². The van der Waals surface area contributed by atoms with Crippen LogP contribution in [0.4, 0.5) is 0 Å². The van der Waals surface area contributed by atoms with Crippen LogP contribution in [0.2, 0.25) is 0 Å². The maximum absolute atomic E-state index is 5.47. The molecule has 0 amide bonds. The Morgan fingerprint density at radius 3 is 1.89 bits per heavy atom. The zero-order valence-electron chi connectivity index (χ0n) is 6.36. The number of hydrogen-bond acceptors (Lipinski definition) is 1. The summed E-state index contributed by atoms with van der Waals surface area (Å²) in [5.74, 6) is 0. The summed E-state index contributed by atoms with van der Waals surface area (Å²) in [5.41, 5.74) is 0. The Bertz CT molecular complexity index is 59.9. The third kappa shape index (κ3) is 4.91. The van der Waals surface area contributed by atoms with Crippen molar-refractivity contribution in [2.45, 2.75) is 44.7 Å². The molecule has 0 aromatic heterocycles. The van der Waals surface area contributed by atoms with Crippen molar-refractivity contribution in [1.82, 2.24) is 0 Å². The molecule has 0 heterocycles. The van der Waals surface area contributed by atoms with Crippen molar-refractivity contribution < 1.29 is 4.74 Å². The molecule has 0 saturated heterocycles. The molecule has 2 heteroatoms. The standard InChI is InChI=1S/C7H15BrO/c1-4-7(5-2)9-6(3)8/h6-7H,4-5H2,1-3H3. The minimum Gasteiger partial charge on any atom is -0.364 e. The van der Waals surface area contributed by atoms with Crippen LogP contribution in [0.25, 0.3) is 0 Å². The van der Waals surface area contributed by atoms with Crippen LogP contribution in [-0.2, 0) is 4.74 Å². The number of halogens is 1. The van der Waals surface area contributed by atoms with Gasteiger partial charge >= 0.3 is 0 Å². The Morgan fingerprint density at radius 2 is 1.78 bits per heavy atom. The summed E-state index contributed by atoms with van der Waals surface area (Å²) >= 11 is 3.33. The van der Waals surface area contributed by atoms with E-state index in [1.807, 2.05) is 6.92 Å². The van der Waals surface area contributed by atoms with E-state index < -0.39 is 0 Å². The van der Waals surface area contributed by atoms with E-state index in [-0.39, 0.29) is 5.01 Å². The van der Waals surface area contributed by atoms with Crippen molar-refractivity contribution in [2.24, 2.45) is 0 Å². The van der Waals surface area contributed by atoms with Crippen LogP contribution in [0.3, 0.4) is 0 Å². The van der Waals surface area contributed by atoms with E-state index in [0.717, 1.165) is 12.8 Å². The SMILES string of the molecule is CCC(CC)OC(C)Br. The summed E-state index contributed by atoms with van der Waals surface area (Å²) in [7, 11) is 0. The van der Waals surface area contributed by atoms with E-state index in [1.54, 1.807) is 0 Å². The van der Waals surface area contributed by atoms with Crippen LogP contribution < -0.4 is 0 Å². The van der Waals surface area contributed by atoms with Gasteiger partial charge in [-0.2, -0.15) is 0 Å². The van der Waals surface area contributed by atoms with Gasteiger partial charge in [0, 0.05) is 0 Å². The van der Waals surface area contributed by atoms with Gasteiger partial charge in [-0.25, -0.2) is 0 Å². The van der Waals surface area contributed by atoms with E-state index >= 15 is 0 Å². The second-order valence-electron chi connectivity index (χ2n) is 2.12. The maximum Gasteiger partial charge on any atom is 0.110 e. The molecule has 0 saturated carbocycles. The second kappa shape index (κ2) is 5.24. The molecule has 0 aliphatic carbocycles. The zero-order valence-corrected chi connectivity index (χ0v) is 7.94. The summed E-state index contributed by atoms with van der Waals surface area (Å²) < 4.78 is 5.47. The van der Waals surface area contributed by atoms with Crippen molar-refractivity contribution in [3.8, 4) is 0 Å². The van der Waals surface area contributed by atoms with E-state index in [9.17, 15) is 0 Å². The number of rotatable bonds is 4. The molecule has 0 N–H and O–H groups in total. The van der Waals surface area contributed by atoms with Crippen molar-refractivity contribution in [3.63, 3.8) is 0 Å². The van der Waals surface area contributed by atoms with Gasteiger partial charge in [0.05, 0.1) is 6.10 Å². The lowest BCUT2D eigenvalue weighted by Gasteiger charge is -2.15. The van der Waals surface area contributed by atoms with E-state index in [4.69, 9.17) is 4.74 Å². The fourth-order valence-electron chi connectivity index (χ4n) is 0.746. The van der Waals surface area contributed by atoms with Gasteiger partial charge in [0.25, 0.3) is 0 Å². The molecule has 1 nitrogen and oxygen atoms in total. The molecule has 0 rings (SSSR count). The summed E-state index contributed by atoms with van der Waals surface area (Å²) in [5, 5.41) is 0.197. The van der Waals surface area contributed by atoms with Crippen LogP contribution in [-0.4, -0.2) is 11.1 Å². The highest BCUT2D eigenvalue weighted by Gasteiger charge is 2.04. The maximum atomic E-state index is 5.47. The molecule has 1 unspecified atom stereocenters. The summed E-state index contributed by atoms with van der Waals surface area (Å²) in [4.78, 5) is 0. The van der Waals surface area contributed by atoms with Gasteiger partial charge < -0.3 is 4.74 Å². The molecule has 56 valence electrons. The minimum atomic E-state index is 0.197. The monoisotopic (exact) mass is 194 g/mol. The zero-order chi connectivity index (χ0) is 7.28. The highest BCUT2D eigenvalue weighted by molar-refractivity contribution is 9.09. The molecule has 0 aromatic carbocycles. The Morgan fingerprint density at radius 1 is 1.33 bits per heavy atom.